The molecule has 0 spiro atoms. The van der Waals surface area contributed by atoms with Crippen molar-refractivity contribution < 1.29 is 19.1 Å². The number of nitrogens with one attached hydrogen (secondary N) is 3. The highest BCUT2D eigenvalue weighted by atomic mass is 35.5. The highest BCUT2D eigenvalue weighted by molar-refractivity contribution is 8.00. The molecule has 0 fully saturated rings. The van der Waals surface area contributed by atoms with Gasteiger partial charge in [0.05, 0.1) is 22.3 Å². The summed E-state index contributed by atoms with van der Waals surface area (Å²) in [4.78, 5) is 41.1. The van der Waals surface area contributed by atoms with E-state index in [1.54, 1.807) is 91.0 Å². The van der Waals surface area contributed by atoms with E-state index in [-0.39, 0.29) is 16.6 Å². The number of ether oxygens (including phenoxy) is 1. The number of halogens is 2. The Balaban J connectivity index is 1.38. The highest BCUT2D eigenvalue weighted by Crippen LogP contribution is 2.38. The fourth-order valence-electron chi connectivity index (χ4n) is 4.62. The van der Waals surface area contributed by atoms with E-state index in [4.69, 9.17) is 27.9 Å². The van der Waals surface area contributed by atoms with E-state index in [2.05, 4.69) is 16.0 Å². The summed E-state index contributed by atoms with van der Waals surface area (Å²) in [7, 11) is 0. The Morgan fingerprint density at radius 1 is 0.792 bits per heavy atom. The minimum absolute atomic E-state index is 0.0472. The van der Waals surface area contributed by atoms with Crippen molar-refractivity contribution in [2.45, 2.75) is 17.1 Å². The lowest BCUT2D eigenvalue weighted by atomic mass is 10.1. The molecule has 0 aliphatic rings. The summed E-state index contributed by atoms with van der Waals surface area (Å²) in [6.07, 6.45) is 1.60. The molecular formula is C38H31Cl2N3O4S. The molecule has 5 aromatic rings. The van der Waals surface area contributed by atoms with E-state index >= 15 is 0 Å². The Morgan fingerprint density at radius 3 is 2.19 bits per heavy atom. The van der Waals surface area contributed by atoms with Crippen LogP contribution in [0, 0.1) is 0 Å². The number of thioether (sulfide) groups is 1. The van der Waals surface area contributed by atoms with Gasteiger partial charge in [0.15, 0.2) is 0 Å². The molecule has 0 saturated heterocycles. The van der Waals surface area contributed by atoms with Crippen LogP contribution in [0.5, 0.6) is 5.75 Å². The van der Waals surface area contributed by atoms with E-state index in [0.717, 1.165) is 10.5 Å². The third-order valence-corrected chi connectivity index (χ3v) is 8.99. The molecule has 5 aromatic carbocycles. The second-order valence-corrected chi connectivity index (χ2v) is 12.3. The third-order valence-electron chi connectivity index (χ3n) is 6.93. The second-order valence-electron chi connectivity index (χ2n) is 10.4. The van der Waals surface area contributed by atoms with Gasteiger partial charge in [0.1, 0.15) is 16.7 Å². The summed E-state index contributed by atoms with van der Waals surface area (Å²) >= 11 is 13.8. The summed E-state index contributed by atoms with van der Waals surface area (Å²) in [5.74, 6) is -0.553. The van der Waals surface area contributed by atoms with E-state index in [9.17, 15) is 14.4 Å². The first-order valence-corrected chi connectivity index (χ1v) is 16.6. The standard InChI is InChI=1S/C38H31Cl2N3O4S/c1-2-47-29-21-19-25(20-22-29)23-33(43-36(44)27-13-7-4-8-14-27)37(45)41-28-15-9-16-30(24-28)48-35(26-11-5-3-6-12-26)38(46)42-32-18-10-17-31(39)34(32)40/h3-24,35H,2H2,1H3,(H,41,45)(H,42,46)(H,43,44)/b33-23+. The number of carbonyl (C=O) groups excluding carboxylic acids is 3. The van der Waals surface area contributed by atoms with Gasteiger partial charge in [-0.1, -0.05) is 96.0 Å². The number of amides is 3. The molecule has 1 atom stereocenters. The molecule has 0 aliphatic heterocycles. The SMILES string of the molecule is CCOc1ccc(/C=C(/NC(=O)c2ccccc2)C(=O)Nc2cccc(SC(C(=O)Nc3cccc(Cl)c3Cl)c3ccccc3)c2)cc1. The third kappa shape index (κ3) is 9.29. The predicted molar refractivity (Wildman–Crippen MR) is 195 cm³/mol. The summed E-state index contributed by atoms with van der Waals surface area (Å²) in [5, 5.41) is 8.47. The fraction of sp³-hybridized carbons (Fsp3) is 0.0789. The molecule has 3 N–H and O–H groups in total. The lowest BCUT2D eigenvalue weighted by Crippen LogP contribution is -2.30. The molecule has 1 unspecified atom stereocenters. The number of hydrogen-bond donors (Lipinski definition) is 3. The van der Waals surface area contributed by atoms with Gasteiger partial charge in [0.2, 0.25) is 5.91 Å². The van der Waals surface area contributed by atoms with Gasteiger partial charge in [-0.3, -0.25) is 14.4 Å². The van der Waals surface area contributed by atoms with Gasteiger partial charge in [0.25, 0.3) is 11.8 Å². The molecule has 0 bridgehead atoms. The molecular weight excluding hydrogens is 665 g/mol. The monoisotopic (exact) mass is 695 g/mol. The van der Waals surface area contributed by atoms with Gasteiger partial charge in [-0.2, -0.15) is 0 Å². The first kappa shape index (κ1) is 34.3. The van der Waals surface area contributed by atoms with Crippen molar-refractivity contribution in [1.82, 2.24) is 5.32 Å². The van der Waals surface area contributed by atoms with Crippen LogP contribution in [0.4, 0.5) is 11.4 Å². The molecule has 48 heavy (non-hydrogen) atoms. The zero-order valence-corrected chi connectivity index (χ0v) is 28.1. The number of anilines is 2. The Hall–Kier alpha value is -5.02. The van der Waals surface area contributed by atoms with Gasteiger partial charge in [0, 0.05) is 16.1 Å². The van der Waals surface area contributed by atoms with Crippen molar-refractivity contribution in [2.75, 3.05) is 17.2 Å². The number of benzene rings is 5. The first-order valence-electron chi connectivity index (χ1n) is 15.0. The van der Waals surface area contributed by atoms with Crippen molar-refractivity contribution in [3.8, 4) is 5.75 Å². The largest absolute Gasteiger partial charge is 0.494 e. The Kier molecular flexibility index (Phi) is 11.9. The maximum absolute atomic E-state index is 13.7. The molecule has 0 heterocycles. The minimum Gasteiger partial charge on any atom is -0.494 e. The summed E-state index contributed by atoms with van der Waals surface area (Å²) in [5.41, 5.74) is 2.80. The average Bonchev–Trinajstić information content (AvgIpc) is 3.10. The van der Waals surface area contributed by atoms with Crippen LogP contribution in [-0.4, -0.2) is 24.3 Å². The van der Waals surface area contributed by atoms with Crippen molar-refractivity contribution >= 4 is 70.1 Å². The quantitative estimate of drug-likeness (QED) is 0.0893. The number of hydrogen-bond acceptors (Lipinski definition) is 5. The molecule has 5 rings (SSSR count). The topological polar surface area (TPSA) is 96.5 Å². The maximum Gasteiger partial charge on any atom is 0.272 e. The average molecular weight is 697 g/mol. The normalized spacial score (nSPS) is 11.7. The van der Waals surface area contributed by atoms with E-state index in [1.807, 2.05) is 49.4 Å². The van der Waals surface area contributed by atoms with Crippen LogP contribution in [-0.2, 0) is 9.59 Å². The van der Waals surface area contributed by atoms with Gasteiger partial charge in [-0.15, -0.1) is 11.8 Å². The molecule has 3 amide bonds. The first-order chi connectivity index (χ1) is 23.3. The fourth-order valence-corrected chi connectivity index (χ4v) is 6.05. The Bertz CT molecular complexity index is 1920. The highest BCUT2D eigenvalue weighted by Gasteiger charge is 2.24. The molecule has 0 saturated carbocycles. The van der Waals surface area contributed by atoms with Crippen LogP contribution in [0.2, 0.25) is 10.0 Å². The van der Waals surface area contributed by atoms with E-state index in [0.29, 0.717) is 39.9 Å². The predicted octanol–water partition coefficient (Wildman–Crippen LogP) is 9.27. The minimum atomic E-state index is -0.660. The number of carbonyl (C=O) groups is 3. The lowest BCUT2D eigenvalue weighted by Gasteiger charge is -2.18. The van der Waals surface area contributed by atoms with Crippen molar-refractivity contribution in [1.29, 1.82) is 0 Å². The van der Waals surface area contributed by atoms with E-state index < -0.39 is 17.1 Å². The molecule has 242 valence electrons. The van der Waals surface area contributed by atoms with Gasteiger partial charge in [-0.25, -0.2) is 0 Å². The Morgan fingerprint density at radius 2 is 1.48 bits per heavy atom. The van der Waals surface area contributed by atoms with Crippen LogP contribution < -0.4 is 20.7 Å². The smallest absolute Gasteiger partial charge is 0.272 e. The van der Waals surface area contributed by atoms with Crippen molar-refractivity contribution in [3.05, 3.63) is 160 Å². The second kappa shape index (κ2) is 16.7. The van der Waals surface area contributed by atoms with Crippen LogP contribution >= 0.6 is 35.0 Å². The lowest BCUT2D eigenvalue weighted by molar-refractivity contribution is -0.116. The summed E-state index contributed by atoms with van der Waals surface area (Å²) < 4.78 is 5.53. The van der Waals surface area contributed by atoms with Gasteiger partial charge >= 0.3 is 0 Å². The van der Waals surface area contributed by atoms with Crippen LogP contribution in [0.3, 0.4) is 0 Å². The molecule has 0 aromatic heterocycles. The Labute approximate surface area is 293 Å². The molecule has 0 radical (unpaired) electrons. The van der Waals surface area contributed by atoms with Gasteiger partial charge < -0.3 is 20.7 Å². The van der Waals surface area contributed by atoms with Crippen molar-refractivity contribution in [2.24, 2.45) is 0 Å². The summed E-state index contributed by atoms with van der Waals surface area (Å²) in [6.45, 7) is 2.43. The van der Waals surface area contributed by atoms with Crippen molar-refractivity contribution in [3.63, 3.8) is 0 Å². The van der Waals surface area contributed by atoms with Gasteiger partial charge in [-0.05, 0) is 78.7 Å². The number of rotatable bonds is 12. The zero-order valence-electron chi connectivity index (χ0n) is 25.8. The molecule has 0 aliphatic carbocycles. The molecule has 7 nitrogen and oxygen atoms in total. The zero-order chi connectivity index (χ0) is 33.9. The van der Waals surface area contributed by atoms with Crippen LogP contribution in [0.25, 0.3) is 6.08 Å². The summed E-state index contributed by atoms with van der Waals surface area (Å²) in [6, 6.07) is 37.4. The molecule has 10 heteroatoms. The van der Waals surface area contributed by atoms with Crippen LogP contribution in [0.15, 0.2) is 138 Å². The van der Waals surface area contributed by atoms with Crippen LogP contribution in [0.1, 0.15) is 33.7 Å². The maximum atomic E-state index is 13.7. The van der Waals surface area contributed by atoms with E-state index in [1.165, 1.54) is 11.8 Å².